The van der Waals surface area contributed by atoms with Crippen LogP contribution in [-0.2, 0) is 4.79 Å². The number of nitriles is 1. The Kier molecular flexibility index (Phi) is 5.74. The van der Waals surface area contributed by atoms with Gasteiger partial charge in [-0.05, 0) is 18.2 Å². The minimum atomic E-state index is -1.24. The van der Waals surface area contributed by atoms with Crippen LogP contribution in [0, 0.1) is 28.8 Å². The highest BCUT2D eigenvalue weighted by Gasteiger charge is 2.18. The first-order valence-electron chi connectivity index (χ1n) is 7.08. The molecule has 0 aliphatic carbocycles. The summed E-state index contributed by atoms with van der Waals surface area (Å²) in [6.45, 7) is -0.552. The number of hydrogen-bond donors (Lipinski definition) is 2. The number of amides is 2. The lowest BCUT2D eigenvalue weighted by molar-refractivity contribution is -0.120. The number of hydrogen-bond acceptors (Lipinski definition) is 3. The van der Waals surface area contributed by atoms with E-state index in [4.69, 9.17) is 5.26 Å². The number of nitrogens with zero attached hydrogens (tertiary/aromatic N) is 1. The van der Waals surface area contributed by atoms with E-state index in [1.165, 1.54) is 18.2 Å². The van der Waals surface area contributed by atoms with Gasteiger partial charge in [0.15, 0.2) is 0 Å². The van der Waals surface area contributed by atoms with Crippen LogP contribution >= 0.6 is 0 Å². The van der Waals surface area contributed by atoms with Crippen LogP contribution in [-0.4, -0.2) is 18.4 Å². The van der Waals surface area contributed by atoms with Crippen molar-refractivity contribution in [1.82, 2.24) is 10.6 Å². The Bertz CT molecular complexity index is 829. The Hall–Kier alpha value is -3.34. The highest BCUT2D eigenvalue weighted by molar-refractivity contribution is 5.96. The Labute approximate surface area is 141 Å². The summed E-state index contributed by atoms with van der Waals surface area (Å²) in [5.41, 5.74) is -0.312. The third kappa shape index (κ3) is 4.81. The SMILES string of the molecule is N#C[C@H](NC(=O)CNC(=O)c1cc(F)cc(F)c1)c1ccccc1F. The number of halogens is 3. The molecule has 2 N–H and O–H groups in total. The zero-order valence-electron chi connectivity index (χ0n) is 12.7. The highest BCUT2D eigenvalue weighted by atomic mass is 19.1. The van der Waals surface area contributed by atoms with E-state index in [1.54, 1.807) is 6.07 Å². The van der Waals surface area contributed by atoms with Gasteiger partial charge in [-0.3, -0.25) is 9.59 Å². The molecule has 0 radical (unpaired) electrons. The normalized spacial score (nSPS) is 11.3. The van der Waals surface area contributed by atoms with E-state index in [0.29, 0.717) is 6.07 Å². The summed E-state index contributed by atoms with van der Waals surface area (Å²) >= 11 is 0. The molecule has 2 amide bonds. The molecule has 0 aliphatic heterocycles. The van der Waals surface area contributed by atoms with Crippen LogP contribution in [0.2, 0.25) is 0 Å². The van der Waals surface area contributed by atoms with Crippen molar-refractivity contribution in [2.75, 3.05) is 6.54 Å². The summed E-state index contributed by atoms with van der Waals surface area (Å²) < 4.78 is 39.8. The summed E-state index contributed by atoms with van der Waals surface area (Å²) in [6, 6.07) is 8.17. The van der Waals surface area contributed by atoms with Gasteiger partial charge >= 0.3 is 0 Å². The molecule has 0 saturated carbocycles. The molecule has 0 fully saturated rings. The van der Waals surface area contributed by atoms with Crippen LogP contribution < -0.4 is 10.6 Å². The van der Waals surface area contributed by atoms with Crippen LogP contribution in [0.25, 0.3) is 0 Å². The maximum absolute atomic E-state index is 13.6. The lowest BCUT2D eigenvalue weighted by Crippen LogP contribution is -2.38. The maximum Gasteiger partial charge on any atom is 0.251 e. The summed E-state index contributed by atoms with van der Waals surface area (Å²) in [7, 11) is 0. The molecule has 2 aromatic carbocycles. The van der Waals surface area contributed by atoms with Crippen molar-refractivity contribution in [3.05, 3.63) is 71.0 Å². The van der Waals surface area contributed by atoms with Crippen molar-refractivity contribution in [3.63, 3.8) is 0 Å². The quantitative estimate of drug-likeness (QED) is 0.870. The molecule has 8 heteroatoms. The number of benzene rings is 2. The highest BCUT2D eigenvalue weighted by Crippen LogP contribution is 2.15. The largest absolute Gasteiger partial charge is 0.343 e. The van der Waals surface area contributed by atoms with Crippen LogP contribution in [0.15, 0.2) is 42.5 Å². The molecule has 2 rings (SSSR count). The fourth-order valence-corrected chi connectivity index (χ4v) is 2.05. The number of carbonyl (C=O) groups excluding carboxylic acids is 2. The monoisotopic (exact) mass is 347 g/mol. The van der Waals surface area contributed by atoms with Gasteiger partial charge in [-0.25, -0.2) is 13.2 Å². The minimum Gasteiger partial charge on any atom is -0.343 e. The van der Waals surface area contributed by atoms with E-state index in [1.807, 2.05) is 0 Å². The molecule has 5 nitrogen and oxygen atoms in total. The summed E-state index contributed by atoms with van der Waals surface area (Å²) in [5, 5.41) is 13.5. The van der Waals surface area contributed by atoms with Gasteiger partial charge in [0, 0.05) is 17.2 Å². The van der Waals surface area contributed by atoms with Gasteiger partial charge in [-0.1, -0.05) is 18.2 Å². The van der Waals surface area contributed by atoms with Gasteiger partial charge in [0.25, 0.3) is 5.91 Å². The average molecular weight is 347 g/mol. The lowest BCUT2D eigenvalue weighted by atomic mass is 10.1. The Balaban J connectivity index is 1.97. The van der Waals surface area contributed by atoms with E-state index in [0.717, 1.165) is 18.2 Å². The fraction of sp³-hybridized carbons (Fsp3) is 0.118. The third-order valence-electron chi connectivity index (χ3n) is 3.18. The van der Waals surface area contributed by atoms with E-state index < -0.39 is 41.9 Å². The Morgan fingerprint density at radius 2 is 1.72 bits per heavy atom. The van der Waals surface area contributed by atoms with Crippen molar-refractivity contribution < 1.29 is 22.8 Å². The van der Waals surface area contributed by atoms with Crippen LogP contribution in [0.1, 0.15) is 22.0 Å². The van der Waals surface area contributed by atoms with E-state index in [2.05, 4.69) is 10.6 Å². The molecular weight excluding hydrogens is 335 g/mol. The minimum absolute atomic E-state index is 0.0168. The topological polar surface area (TPSA) is 82.0 Å². The molecular formula is C17H12F3N3O2. The average Bonchev–Trinajstić information content (AvgIpc) is 2.57. The van der Waals surface area contributed by atoms with E-state index in [-0.39, 0.29) is 11.1 Å². The second kappa shape index (κ2) is 7.97. The van der Waals surface area contributed by atoms with Crippen molar-refractivity contribution in [2.45, 2.75) is 6.04 Å². The zero-order valence-corrected chi connectivity index (χ0v) is 12.7. The molecule has 25 heavy (non-hydrogen) atoms. The molecule has 1 atom stereocenters. The molecule has 0 heterocycles. The van der Waals surface area contributed by atoms with Gasteiger partial charge in [-0.2, -0.15) is 5.26 Å². The molecule has 0 aliphatic rings. The van der Waals surface area contributed by atoms with Crippen LogP contribution in [0.5, 0.6) is 0 Å². The first-order chi connectivity index (χ1) is 11.9. The number of carbonyl (C=O) groups is 2. The van der Waals surface area contributed by atoms with Crippen LogP contribution in [0.4, 0.5) is 13.2 Å². The standard InChI is InChI=1S/C17H12F3N3O2/c18-11-5-10(6-12(19)7-11)17(25)22-9-16(24)23-15(8-21)13-3-1-2-4-14(13)20/h1-7,15H,9H2,(H,22,25)(H,23,24)/t15-/m0/s1. The van der Waals surface area contributed by atoms with Crippen molar-refractivity contribution in [2.24, 2.45) is 0 Å². The van der Waals surface area contributed by atoms with Gasteiger partial charge in [0.2, 0.25) is 5.91 Å². The first kappa shape index (κ1) is 18.0. The Morgan fingerprint density at radius 3 is 2.32 bits per heavy atom. The maximum atomic E-state index is 13.6. The smallest absolute Gasteiger partial charge is 0.251 e. The molecule has 0 bridgehead atoms. The second-order valence-corrected chi connectivity index (χ2v) is 4.99. The predicted octanol–water partition coefficient (Wildman–Crippen LogP) is 2.21. The third-order valence-corrected chi connectivity index (χ3v) is 3.18. The molecule has 2 aromatic rings. The molecule has 0 saturated heterocycles. The number of nitrogens with one attached hydrogen (secondary N) is 2. The van der Waals surface area contributed by atoms with Crippen molar-refractivity contribution >= 4 is 11.8 Å². The molecule has 0 aromatic heterocycles. The number of rotatable bonds is 5. The molecule has 0 spiro atoms. The van der Waals surface area contributed by atoms with Crippen molar-refractivity contribution in [1.29, 1.82) is 5.26 Å². The van der Waals surface area contributed by atoms with Crippen molar-refractivity contribution in [3.8, 4) is 6.07 Å². The fourth-order valence-electron chi connectivity index (χ4n) is 2.05. The van der Waals surface area contributed by atoms with Gasteiger partial charge in [0.05, 0.1) is 12.6 Å². The van der Waals surface area contributed by atoms with Gasteiger partial charge < -0.3 is 10.6 Å². The van der Waals surface area contributed by atoms with Crippen LogP contribution in [0.3, 0.4) is 0 Å². The first-order valence-corrected chi connectivity index (χ1v) is 7.08. The summed E-state index contributed by atoms with van der Waals surface area (Å²) in [6.07, 6.45) is 0. The Morgan fingerprint density at radius 1 is 1.08 bits per heavy atom. The second-order valence-electron chi connectivity index (χ2n) is 4.99. The predicted molar refractivity (Wildman–Crippen MR) is 81.6 cm³/mol. The van der Waals surface area contributed by atoms with Gasteiger partial charge in [0.1, 0.15) is 23.5 Å². The van der Waals surface area contributed by atoms with E-state index >= 15 is 0 Å². The van der Waals surface area contributed by atoms with E-state index in [9.17, 15) is 22.8 Å². The summed E-state index contributed by atoms with van der Waals surface area (Å²) in [5.74, 6) is -4.15. The summed E-state index contributed by atoms with van der Waals surface area (Å²) in [4.78, 5) is 23.6. The lowest BCUT2D eigenvalue weighted by Gasteiger charge is -2.13. The molecule has 128 valence electrons. The molecule has 0 unspecified atom stereocenters. The van der Waals surface area contributed by atoms with Gasteiger partial charge in [-0.15, -0.1) is 0 Å². The zero-order chi connectivity index (χ0) is 18.4.